The van der Waals surface area contributed by atoms with E-state index in [1.54, 1.807) is 0 Å². The SMILES string of the molecule is O=C(O)CCCN(c1ccc(F)cc1)S(=O)(=O)c1cc(Cl)ccc1Cl. The lowest BCUT2D eigenvalue weighted by Crippen LogP contribution is -2.32. The Morgan fingerprint density at radius 1 is 1.12 bits per heavy atom. The van der Waals surface area contributed by atoms with Gasteiger partial charge in [0.25, 0.3) is 10.0 Å². The average molecular weight is 406 g/mol. The lowest BCUT2D eigenvalue weighted by molar-refractivity contribution is -0.137. The van der Waals surface area contributed by atoms with Gasteiger partial charge in [-0.25, -0.2) is 12.8 Å². The lowest BCUT2D eigenvalue weighted by atomic mass is 10.3. The fourth-order valence-electron chi connectivity index (χ4n) is 2.16. The molecule has 0 saturated carbocycles. The van der Waals surface area contributed by atoms with Crippen LogP contribution >= 0.6 is 23.2 Å². The van der Waals surface area contributed by atoms with E-state index >= 15 is 0 Å². The molecule has 0 saturated heterocycles. The van der Waals surface area contributed by atoms with Crippen molar-refractivity contribution in [2.75, 3.05) is 10.8 Å². The van der Waals surface area contributed by atoms with E-state index in [2.05, 4.69) is 0 Å². The summed E-state index contributed by atoms with van der Waals surface area (Å²) >= 11 is 11.9. The van der Waals surface area contributed by atoms with Gasteiger partial charge in [-0.3, -0.25) is 9.10 Å². The molecule has 0 unspecified atom stereocenters. The van der Waals surface area contributed by atoms with E-state index in [4.69, 9.17) is 28.3 Å². The number of hydrogen-bond donors (Lipinski definition) is 1. The largest absolute Gasteiger partial charge is 0.481 e. The monoisotopic (exact) mass is 405 g/mol. The predicted molar refractivity (Wildman–Crippen MR) is 94.3 cm³/mol. The van der Waals surface area contributed by atoms with Gasteiger partial charge < -0.3 is 5.11 Å². The lowest BCUT2D eigenvalue weighted by Gasteiger charge is -2.25. The number of carboxylic acid groups (broad SMARTS) is 1. The first-order chi connectivity index (χ1) is 11.7. The van der Waals surface area contributed by atoms with Gasteiger partial charge in [-0.2, -0.15) is 0 Å². The quantitative estimate of drug-likeness (QED) is 0.748. The highest BCUT2D eigenvalue weighted by molar-refractivity contribution is 7.93. The van der Waals surface area contributed by atoms with Gasteiger partial charge in [0.15, 0.2) is 0 Å². The Bertz CT molecular complexity index is 872. The third-order valence-electron chi connectivity index (χ3n) is 3.33. The Hall–Kier alpha value is -1.83. The van der Waals surface area contributed by atoms with Crippen molar-refractivity contribution in [2.24, 2.45) is 0 Å². The molecule has 9 heteroatoms. The molecule has 0 spiro atoms. The third-order valence-corrected chi connectivity index (χ3v) is 5.87. The summed E-state index contributed by atoms with van der Waals surface area (Å²) in [5.74, 6) is -1.57. The maximum Gasteiger partial charge on any atom is 0.303 e. The minimum atomic E-state index is -4.12. The Morgan fingerprint density at radius 2 is 1.76 bits per heavy atom. The smallest absolute Gasteiger partial charge is 0.303 e. The maximum absolute atomic E-state index is 13.2. The molecule has 0 radical (unpaired) electrons. The molecule has 0 aliphatic rings. The molecule has 25 heavy (non-hydrogen) atoms. The molecule has 2 aromatic rings. The highest BCUT2D eigenvalue weighted by atomic mass is 35.5. The van der Waals surface area contributed by atoms with Crippen molar-refractivity contribution >= 4 is 44.9 Å². The number of anilines is 1. The molecule has 0 atom stereocenters. The molecule has 5 nitrogen and oxygen atoms in total. The second-order valence-corrected chi connectivity index (χ2v) is 7.80. The van der Waals surface area contributed by atoms with Crippen LogP contribution in [0.3, 0.4) is 0 Å². The number of aliphatic carboxylic acids is 1. The summed E-state index contributed by atoms with van der Waals surface area (Å²) in [6, 6.07) is 8.86. The number of sulfonamides is 1. The molecule has 0 amide bonds. The molecular formula is C16H14Cl2FNO4S. The summed E-state index contributed by atoms with van der Waals surface area (Å²) < 4.78 is 40.2. The van der Waals surface area contributed by atoms with Crippen molar-refractivity contribution in [1.82, 2.24) is 0 Å². The van der Waals surface area contributed by atoms with E-state index in [0.29, 0.717) is 0 Å². The van der Waals surface area contributed by atoms with Crippen molar-refractivity contribution in [2.45, 2.75) is 17.7 Å². The molecule has 0 bridgehead atoms. The van der Waals surface area contributed by atoms with Gasteiger partial charge in [0.05, 0.1) is 10.7 Å². The highest BCUT2D eigenvalue weighted by Crippen LogP contribution is 2.31. The van der Waals surface area contributed by atoms with E-state index in [1.807, 2.05) is 0 Å². The van der Waals surface area contributed by atoms with Crippen molar-refractivity contribution in [3.63, 3.8) is 0 Å². The zero-order valence-corrected chi connectivity index (χ0v) is 15.2. The minimum Gasteiger partial charge on any atom is -0.481 e. The van der Waals surface area contributed by atoms with Crippen LogP contribution in [0.4, 0.5) is 10.1 Å². The van der Waals surface area contributed by atoms with Gasteiger partial charge in [-0.1, -0.05) is 23.2 Å². The van der Waals surface area contributed by atoms with Crippen molar-refractivity contribution in [3.05, 3.63) is 58.3 Å². The summed E-state index contributed by atoms with van der Waals surface area (Å²) in [4.78, 5) is 10.5. The van der Waals surface area contributed by atoms with Gasteiger partial charge in [0, 0.05) is 18.0 Å². The minimum absolute atomic E-state index is 0.0188. The molecule has 0 fully saturated rings. The van der Waals surface area contributed by atoms with Crippen molar-refractivity contribution in [1.29, 1.82) is 0 Å². The number of hydrogen-bond acceptors (Lipinski definition) is 3. The van der Waals surface area contributed by atoms with Gasteiger partial charge >= 0.3 is 5.97 Å². The van der Waals surface area contributed by atoms with Gasteiger partial charge in [-0.15, -0.1) is 0 Å². The number of halogens is 3. The summed E-state index contributed by atoms with van der Waals surface area (Å²) in [5, 5.41) is 8.95. The molecule has 2 rings (SSSR count). The zero-order chi connectivity index (χ0) is 18.6. The van der Waals surface area contributed by atoms with E-state index in [9.17, 15) is 17.6 Å². The van der Waals surface area contributed by atoms with E-state index in [0.717, 1.165) is 16.4 Å². The van der Waals surface area contributed by atoms with Gasteiger partial charge in [0.1, 0.15) is 10.7 Å². The molecule has 2 aromatic carbocycles. The first kappa shape index (κ1) is 19.5. The number of carboxylic acids is 1. The van der Waals surface area contributed by atoms with Crippen LogP contribution in [0.1, 0.15) is 12.8 Å². The van der Waals surface area contributed by atoms with Crippen LogP contribution < -0.4 is 4.31 Å². The standard InChI is InChI=1S/C16H14Cl2FNO4S/c17-11-3-8-14(18)15(10-11)25(23,24)20(9-1-2-16(21)22)13-6-4-12(19)5-7-13/h3-8,10H,1-2,9H2,(H,21,22). The van der Waals surface area contributed by atoms with Crippen LogP contribution in [0.5, 0.6) is 0 Å². The first-order valence-corrected chi connectivity index (χ1v) is 9.36. The zero-order valence-electron chi connectivity index (χ0n) is 12.8. The Morgan fingerprint density at radius 3 is 2.36 bits per heavy atom. The first-order valence-electron chi connectivity index (χ1n) is 7.17. The molecular weight excluding hydrogens is 392 g/mol. The number of benzene rings is 2. The van der Waals surface area contributed by atoms with E-state index in [1.165, 1.54) is 30.3 Å². The summed E-state index contributed by atoms with van der Waals surface area (Å²) in [5.41, 5.74) is 0.197. The van der Waals surface area contributed by atoms with E-state index in [-0.39, 0.29) is 40.0 Å². The number of rotatable bonds is 7. The second kappa shape index (κ2) is 8.03. The Kier molecular flexibility index (Phi) is 6.26. The normalized spacial score (nSPS) is 11.3. The number of carbonyl (C=O) groups is 1. The summed E-state index contributed by atoms with van der Waals surface area (Å²) in [6.07, 6.45) is -0.138. The summed E-state index contributed by atoms with van der Waals surface area (Å²) in [7, 11) is -4.12. The molecule has 0 aliphatic carbocycles. The third kappa shape index (κ3) is 4.84. The average Bonchev–Trinajstić information content (AvgIpc) is 2.54. The van der Waals surface area contributed by atoms with Crippen LogP contribution in [-0.4, -0.2) is 26.0 Å². The summed E-state index contributed by atoms with van der Waals surface area (Å²) in [6.45, 7) is -0.108. The van der Waals surface area contributed by atoms with Crippen molar-refractivity contribution in [3.8, 4) is 0 Å². The molecule has 0 heterocycles. The molecule has 0 aromatic heterocycles. The van der Waals surface area contributed by atoms with Crippen LogP contribution in [0.2, 0.25) is 10.0 Å². The van der Waals surface area contributed by atoms with Crippen LogP contribution in [0.15, 0.2) is 47.4 Å². The van der Waals surface area contributed by atoms with Crippen molar-refractivity contribution < 1.29 is 22.7 Å². The molecule has 0 aliphatic heterocycles. The fraction of sp³-hybridized carbons (Fsp3) is 0.188. The van der Waals surface area contributed by atoms with Crippen LogP contribution in [-0.2, 0) is 14.8 Å². The number of nitrogens with zero attached hydrogens (tertiary/aromatic N) is 1. The maximum atomic E-state index is 13.2. The van der Waals surface area contributed by atoms with Crippen LogP contribution in [0.25, 0.3) is 0 Å². The Labute approximate surface area is 154 Å². The Balaban J connectivity index is 2.47. The topological polar surface area (TPSA) is 74.7 Å². The van der Waals surface area contributed by atoms with E-state index < -0.39 is 21.8 Å². The van der Waals surface area contributed by atoms with Crippen LogP contribution in [0, 0.1) is 5.82 Å². The predicted octanol–water partition coefficient (Wildman–Crippen LogP) is 4.19. The van der Waals surface area contributed by atoms with Gasteiger partial charge in [-0.05, 0) is 48.9 Å². The molecule has 134 valence electrons. The van der Waals surface area contributed by atoms with Gasteiger partial charge in [0.2, 0.25) is 0 Å². The fourth-order valence-corrected chi connectivity index (χ4v) is 4.41. The second-order valence-electron chi connectivity index (χ2n) is 5.13. The molecule has 1 N–H and O–H groups in total. The highest BCUT2D eigenvalue weighted by Gasteiger charge is 2.27.